The maximum absolute atomic E-state index is 12.9. The van der Waals surface area contributed by atoms with E-state index in [0.717, 1.165) is 21.3 Å². The molecule has 0 aromatic heterocycles. The van der Waals surface area contributed by atoms with Crippen molar-refractivity contribution in [2.75, 3.05) is 4.90 Å². The van der Waals surface area contributed by atoms with Crippen LogP contribution in [0.25, 0.3) is 0 Å². The fourth-order valence-corrected chi connectivity index (χ4v) is 3.49. The van der Waals surface area contributed by atoms with Gasteiger partial charge in [-0.1, -0.05) is 22.9 Å². The van der Waals surface area contributed by atoms with Crippen molar-refractivity contribution >= 4 is 33.4 Å². The van der Waals surface area contributed by atoms with Crippen LogP contribution in [0.1, 0.15) is 38.3 Å². The van der Waals surface area contributed by atoms with E-state index in [1.807, 2.05) is 32.9 Å². The molecule has 1 fully saturated rings. The van der Waals surface area contributed by atoms with Crippen LogP contribution < -0.4 is 10.2 Å². The molecule has 2 unspecified atom stereocenters. The molecule has 0 saturated carbocycles. The van der Waals surface area contributed by atoms with Gasteiger partial charge in [0.15, 0.2) is 0 Å². The van der Waals surface area contributed by atoms with Crippen LogP contribution in [0.2, 0.25) is 0 Å². The fraction of sp³-hybridized carbons (Fsp3) is 0.500. The molecule has 1 heterocycles. The molecule has 1 aromatic carbocycles. The number of anilines is 1. The summed E-state index contributed by atoms with van der Waals surface area (Å²) < 4.78 is 0.973. The minimum Gasteiger partial charge on any atom is -0.340 e. The van der Waals surface area contributed by atoms with Crippen molar-refractivity contribution in [2.45, 2.75) is 52.6 Å². The Morgan fingerprint density at radius 1 is 1.29 bits per heavy atom. The Morgan fingerprint density at radius 3 is 2.29 bits per heavy atom. The predicted molar refractivity (Wildman–Crippen MR) is 87.4 cm³/mol. The van der Waals surface area contributed by atoms with Crippen molar-refractivity contribution in [3.05, 3.63) is 27.7 Å². The maximum atomic E-state index is 12.9. The van der Waals surface area contributed by atoms with Gasteiger partial charge in [0.25, 0.3) is 5.91 Å². The fourth-order valence-electron chi connectivity index (χ4n) is 2.81. The van der Waals surface area contributed by atoms with Crippen molar-refractivity contribution in [1.82, 2.24) is 5.32 Å². The van der Waals surface area contributed by atoms with E-state index in [4.69, 9.17) is 0 Å². The smallest absolute Gasteiger partial charge is 0.253 e. The quantitative estimate of drug-likeness (QED) is 0.888. The number of carbonyl (C=O) groups is 2. The molecule has 4 nitrogen and oxygen atoms in total. The van der Waals surface area contributed by atoms with E-state index in [9.17, 15) is 9.59 Å². The summed E-state index contributed by atoms with van der Waals surface area (Å²) in [6, 6.07) is 3.44. The second-order valence-electron chi connectivity index (χ2n) is 5.91. The van der Waals surface area contributed by atoms with Crippen LogP contribution in [0.4, 0.5) is 5.69 Å². The third-order valence-corrected chi connectivity index (χ3v) is 4.72. The number of hydrogen-bond donors (Lipinski definition) is 1. The lowest BCUT2D eigenvalue weighted by Gasteiger charge is -2.44. The van der Waals surface area contributed by atoms with Gasteiger partial charge in [-0.15, -0.1) is 0 Å². The number of benzene rings is 1. The van der Waals surface area contributed by atoms with Crippen molar-refractivity contribution in [2.24, 2.45) is 0 Å². The molecular weight excluding hydrogens is 332 g/mol. The molecule has 0 aliphatic carbocycles. The van der Waals surface area contributed by atoms with Crippen LogP contribution >= 0.6 is 15.9 Å². The van der Waals surface area contributed by atoms with Gasteiger partial charge in [-0.2, -0.15) is 0 Å². The molecule has 1 aliphatic rings. The summed E-state index contributed by atoms with van der Waals surface area (Å²) >= 11 is 3.47. The minimum absolute atomic E-state index is 0.0503. The molecule has 0 bridgehead atoms. The summed E-state index contributed by atoms with van der Waals surface area (Å²) in [4.78, 5) is 26.8. The zero-order valence-corrected chi connectivity index (χ0v) is 14.7. The molecule has 21 heavy (non-hydrogen) atoms. The van der Waals surface area contributed by atoms with Gasteiger partial charge < -0.3 is 5.32 Å². The summed E-state index contributed by atoms with van der Waals surface area (Å²) in [6.45, 7) is 9.39. The number of amides is 2. The second kappa shape index (κ2) is 5.44. The zero-order chi connectivity index (χ0) is 15.9. The number of aryl methyl sites for hydroxylation is 2. The van der Waals surface area contributed by atoms with Crippen LogP contribution in [0, 0.1) is 13.8 Å². The van der Waals surface area contributed by atoms with Gasteiger partial charge in [0.05, 0.1) is 5.69 Å². The van der Waals surface area contributed by atoms with Gasteiger partial charge in [0.2, 0.25) is 5.91 Å². The van der Waals surface area contributed by atoms with Gasteiger partial charge in [-0.25, -0.2) is 0 Å². The molecule has 2 rings (SSSR count). The standard InChI is InChI=1S/C16H21BrN2O2/c1-6-16(5)15(21)19(11(4)14(20)18-16)13-9(2)7-12(17)8-10(13)3/h7-8,11H,6H2,1-5H3,(H,18,20). The monoisotopic (exact) mass is 352 g/mol. The Bertz CT molecular complexity index is 591. The number of piperazine rings is 1. The van der Waals surface area contributed by atoms with E-state index < -0.39 is 11.6 Å². The lowest BCUT2D eigenvalue weighted by molar-refractivity contribution is -0.137. The second-order valence-corrected chi connectivity index (χ2v) is 6.83. The van der Waals surface area contributed by atoms with Gasteiger partial charge in [-0.05, 0) is 57.4 Å². The number of nitrogens with zero attached hydrogens (tertiary/aromatic N) is 1. The van der Waals surface area contributed by atoms with Crippen LogP contribution in [0.15, 0.2) is 16.6 Å². The Kier molecular flexibility index (Phi) is 4.15. The van der Waals surface area contributed by atoms with E-state index in [1.165, 1.54) is 0 Å². The third kappa shape index (κ3) is 2.59. The SMILES string of the molecule is CCC1(C)NC(=O)C(C)N(c2c(C)cc(Br)cc2C)C1=O. The summed E-state index contributed by atoms with van der Waals surface area (Å²) in [5.74, 6) is -0.161. The highest BCUT2D eigenvalue weighted by Crippen LogP contribution is 2.34. The minimum atomic E-state index is -0.838. The Labute approximate surface area is 134 Å². The topological polar surface area (TPSA) is 49.4 Å². The predicted octanol–water partition coefficient (Wildman–Crippen LogP) is 3.09. The molecular formula is C16H21BrN2O2. The first-order valence-electron chi connectivity index (χ1n) is 7.13. The molecule has 1 aliphatic heterocycles. The molecule has 1 saturated heterocycles. The zero-order valence-electron chi connectivity index (χ0n) is 13.1. The molecule has 2 atom stereocenters. The van der Waals surface area contributed by atoms with Gasteiger partial charge in [0, 0.05) is 4.47 Å². The van der Waals surface area contributed by atoms with E-state index in [0.29, 0.717) is 6.42 Å². The van der Waals surface area contributed by atoms with Gasteiger partial charge >= 0.3 is 0 Å². The normalized spacial score (nSPS) is 26.0. The lowest BCUT2D eigenvalue weighted by atomic mass is 9.90. The Morgan fingerprint density at radius 2 is 1.81 bits per heavy atom. The molecule has 0 spiro atoms. The van der Waals surface area contributed by atoms with E-state index in [2.05, 4.69) is 21.2 Å². The van der Waals surface area contributed by atoms with Crippen LogP contribution in [0.3, 0.4) is 0 Å². The molecule has 2 amide bonds. The van der Waals surface area contributed by atoms with E-state index in [-0.39, 0.29) is 11.8 Å². The Hall–Kier alpha value is -1.36. The van der Waals surface area contributed by atoms with Crippen LogP contribution in [0.5, 0.6) is 0 Å². The number of nitrogens with one attached hydrogen (secondary N) is 1. The molecule has 0 radical (unpaired) electrons. The number of halogens is 1. The van der Waals surface area contributed by atoms with Crippen molar-refractivity contribution in [3.63, 3.8) is 0 Å². The van der Waals surface area contributed by atoms with Crippen LogP contribution in [-0.4, -0.2) is 23.4 Å². The van der Waals surface area contributed by atoms with Crippen molar-refractivity contribution < 1.29 is 9.59 Å². The number of carbonyl (C=O) groups excluding carboxylic acids is 2. The lowest BCUT2D eigenvalue weighted by Crippen LogP contribution is -2.68. The summed E-state index contributed by atoms with van der Waals surface area (Å²) in [6.07, 6.45) is 0.565. The third-order valence-electron chi connectivity index (χ3n) is 4.26. The first-order chi connectivity index (χ1) is 9.71. The van der Waals surface area contributed by atoms with Gasteiger partial charge in [0.1, 0.15) is 11.6 Å². The first-order valence-corrected chi connectivity index (χ1v) is 7.93. The highest BCUT2D eigenvalue weighted by Gasteiger charge is 2.46. The molecule has 114 valence electrons. The van der Waals surface area contributed by atoms with E-state index >= 15 is 0 Å². The summed E-state index contributed by atoms with van der Waals surface area (Å²) in [5, 5.41) is 2.85. The molecule has 1 N–H and O–H groups in total. The first kappa shape index (κ1) is 16.0. The average Bonchev–Trinajstić information content (AvgIpc) is 2.39. The molecule has 1 aromatic rings. The highest BCUT2D eigenvalue weighted by molar-refractivity contribution is 9.10. The molecule has 5 heteroatoms. The van der Waals surface area contributed by atoms with Crippen molar-refractivity contribution in [1.29, 1.82) is 0 Å². The average molecular weight is 353 g/mol. The van der Waals surface area contributed by atoms with Crippen LogP contribution in [-0.2, 0) is 9.59 Å². The summed E-state index contributed by atoms with van der Waals surface area (Å²) in [5.41, 5.74) is 1.96. The van der Waals surface area contributed by atoms with E-state index in [1.54, 1.807) is 18.7 Å². The van der Waals surface area contributed by atoms with Crippen molar-refractivity contribution in [3.8, 4) is 0 Å². The van der Waals surface area contributed by atoms with Gasteiger partial charge in [-0.3, -0.25) is 14.5 Å². The number of rotatable bonds is 2. The maximum Gasteiger partial charge on any atom is 0.253 e. The summed E-state index contributed by atoms with van der Waals surface area (Å²) in [7, 11) is 0. The largest absolute Gasteiger partial charge is 0.340 e. The Balaban J connectivity index is 2.60. The number of hydrogen-bond acceptors (Lipinski definition) is 2. The highest BCUT2D eigenvalue weighted by atomic mass is 79.9.